The number of carbonyl (C=O) groups excluding carboxylic acids is 3. The maximum Gasteiger partial charge on any atom is 0.318 e. The highest BCUT2D eigenvalue weighted by molar-refractivity contribution is 7.92. The summed E-state index contributed by atoms with van der Waals surface area (Å²) in [6.45, 7) is 1.28. The molecule has 0 radical (unpaired) electrons. The second kappa shape index (κ2) is 12.3. The van der Waals surface area contributed by atoms with E-state index in [-0.39, 0.29) is 23.5 Å². The lowest BCUT2D eigenvalue weighted by Crippen LogP contribution is -2.53. The van der Waals surface area contributed by atoms with Crippen LogP contribution in [0.25, 0.3) is 0 Å². The standard InChI is InChI=1S/C27H33N3O6S/c1-35-20-9-7-19(8-10-20)17-28-27(33)30-16-4-6-24(30)26(32)29-15-3-5-23(29)25(31)18-37(34)22-13-11-21(36-2)12-14-22/h7-14,23-24H,3-6,15-18H2,1-2H3,(H,28,33)/t23-,24-,37?/m0/s1. The van der Waals surface area contributed by atoms with Gasteiger partial charge in [0.2, 0.25) is 11.7 Å². The largest absolute Gasteiger partial charge is 0.611 e. The molecule has 3 amide bonds. The van der Waals surface area contributed by atoms with Crippen LogP contribution in [-0.4, -0.2) is 77.2 Å². The van der Waals surface area contributed by atoms with Crippen LogP contribution in [0.4, 0.5) is 4.79 Å². The lowest BCUT2D eigenvalue weighted by atomic mass is 10.1. The molecule has 2 aromatic carbocycles. The summed E-state index contributed by atoms with van der Waals surface area (Å²) in [7, 11) is 3.15. The van der Waals surface area contributed by atoms with Crippen LogP contribution in [-0.2, 0) is 27.3 Å². The third kappa shape index (κ3) is 6.37. The van der Waals surface area contributed by atoms with Crippen LogP contribution in [0.2, 0.25) is 0 Å². The molecular weight excluding hydrogens is 494 g/mol. The lowest BCUT2D eigenvalue weighted by Gasteiger charge is -2.31. The molecule has 4 rings (SSSR count). The third-order valence-corrected chi connectivity index (χ3v) is 8.25. The van der Waals surface area contributed by atoms with Crippen molar-refractivity contribution in [3.05, 3.63) is 54.1 Å². The molecule has 2 aliphatic heterocycles. The summed E-state index contributed by atoms with van der Waals surface area (Å²) in [6, 6.07) is 12.7. The van der Waals surface area contributed by atoms with Gasteiger partial charge in [0.15, 0.2) is 10.6 Å². The Morgan fingerprint density at radius 1 is 0.892 bits per heavy atom. The number of benzene rings is 2. The minimum atomic E-state index is -1.51. The molecule has 0 bridgehead atoms. The fourth-order valence-electron chi connectivity index (χ4n) is 4.88. The molecule has 2 aromatic rings. The number of ketones is 1. The third-order valence-electron chi connectivity index (χ3n) is 6.90. The number of amides is 3. The maximum absolute atomic E-state index is 13.5. The van der Waals surface area contributed by atoms with Crippen LogP contribution in [0, 0.1) is 0 Å². The van der Waals surface area contributed by atoms with Gasteiger partial charge in [0.1, 0.15) is 17.5 Å². The van der Waals surface area contributed by atoms with Gasteiger partial charge in [0, 0.05) is 19.6 Å². The first-order chi connectivity index (χ1) is 17.9. The average Bonchev–Trinajstić information content (AvgIpc) is 3.62. The van der Waals surface area contributed by atoms with E-state index < -0.39 is 23.3 Å². The number of Topliss-reactive ketones (excluding diaryl/α,β-unsaturated/α-hetero) is 1. The van der Waals surface area contributed by atoms with Crippen molar-refractivity contribution in [2.75, 3.05) is 33.1 Å². The average molecular weight is 528 g/mol. The summed E-state index contributed by atoms with van der Waals surface area (Å²) in [5.74, 6) is 0.811. The van der Waals surface area contributed by atoms with Crippen LogP contribution < -0.4 is 14.8 Å². The van der Waals surface area contributed by atoms with Crippen molar-refractivity contribution < 1.29 is 28.4 Å². The highest BCUT2D eigenvalue weighted by Gasteiger charge is 2.42. The Bertz CT molecular complexity index is 1090. The number of ether oxygens (including phenoxy) is 2. The van der Waals surface area contributed by atoms with Crippen molar-refractivity contribution in [2.24, 2.45) is 0 Å². The molecule has 2 heterocycles. The number of nitrogens with one attached hydrogen (secondary N) is 1. The molecule has 0 saturated carbocycles. The Morgan fingerprint density at radius 3 is 2.08 bits per heavy atom. The number of hydrogen-bond acceptors (Lipinski definition) is 6. The Balaban J connectivity index is 1.35. The topological polar surface area (TPSA) is 111 Å². The first-order valence-corrected chi connectivity index (χ1v) is 13.8. The summed E-state index contributed by atoms with van der Waals surface area (Å²) in [5, 5.41) is 2.90. The van der Waals surface area contributed by atoms with E-state index in [0.29, 0.717) is 49.5 Å². The van der Waals surface area contributed by atoms with Crippen LogP contribution >= 0.6 is 0 Å². The van der Waals surface area contributed by atoms with E-state index in [1.54, 1.807) is 48.3 Å². The van der Waals surface area contributed by atoms with E-state index in [1.807, 2.05) is 24.3 Å². The van der Waals surface area contributed by atoms with Gasteiger partial charge in [-0.2, -0.15) is 0 Å². The van der Waals surface area contributed by atoms with Gasteiger partial charge in [-0.3, -0.25) is 9.59 Å². The fourth-order valence-corrected chi connectivity index (χ4v) is 5.94. The molecule has 9 nitrogen and oxygen atoms in total. The SMILES string of the molecule is COc1ccc(CNC(=O)N2CCC[C@H]2C(=O)N2CCC[C@H]2C(=O)C[S+]([O-])c2ccc(OC)cc2)cc1. The van der Waals surface area contributed by atoms with Crippen LogP contribution in [0.3, 0.4) is 0 Å². The predicted molar refractivity (Wildman–Crippen MR) is 139 cm³/mol. The molecule has 10 heteroatoms. The number of hydrogen-bond donors (Lipinski definition) is 1. The summed E-state index contributed by atoms with van der Waals surface area (Å²) in [4.78, 5) is 43.2. The molecule has 2 aliphatic rings. The molecule has 37 heavy (non-hydrogen) atoms. The van der Waals surface area contributed by atoms with Gasteiger partial charge in [0.25, 0.3) is 0 Å². The van der Waals surface area contributed by atoms with E-state index in [9.17, 15) is 18.9 Å². The molecule has 198 valence electrons. The van der Waals surface area contributed by atoms with E-state index in [4.69, 9.17) is 9.47 Å². The van der Waals surface area contributed by atoms with Crippen LogP contribution in [0.15, 0.2) is 53.4 Å². The molecular formula is C27H33N3O6S. The first kappa shape index (κ1) is 26.8. The lowest BCUT2D eigenvalue weighted by molar-refractivity contribution is -0.140. The molecule has 0 spiro atoms. The van der Waals surface area contributed by atoms with Crippen molar-refractivity contribution in [1.29, 1.82) is 0 Å². The van der Waals surface area contributed by atoms with Crippen LogP contribution in [0.5, 0.6) is 11.5 Å². The van der Waals surface area contributed by atoms with Gasteiger partial charge in [0.05, 0.1) is 20.3 Å². The van der Waals surface area contributed by atoms with Crippen molar-refractivity contribution >= 4 is 28.9 Å². The van der Waals surface area contributed by atoms with Crippen molar-refractivity contribution in [3.8, 4) is 11.5 Å². The summed E-state index contributed by atoms with van der Waals surface area (Å²) >= 11 is -1.51. The van der Waals surface area contributed by atoms with Gasteiger partial charge in [-0.05, 0) is 78.8 Å². The maximum atomic E-state index is 13.5. The molecule has 0 aliphatic carbocycles. The summed E-state index contributed by atoms with van der Waals surface area (Å²) < 4.78 is 23.1. The number of nitrogens with zero attached hydrogens (tertiary/aromatic N) is 2. The molecule has 2 saturated heterocycles. The molecule has 1 unspecified atom stereocenters. The Labute approximate surface area is 220 Å². The smallest absolute Gasteiger partial charge is 0.318 e. The van der Waals surface area contributed by atoms with Gasteiger partial charge in [-0.15, -0.1) is 0 Å². The number of rotatable bonds is 9. The van der Waals surface area contributed by atoms with Gasteiger partial charge >= 0.3 is 6.03 Å². The van der Waals surface area contributed by atoms with Gasteiger partial charge in [-0.1, -0.05) is 12.1 Å². The molecule has 2 fully saturated rings. The quantitative estimate of drug-likeness (QED) is 0.502. The Morgan fingerprint density at radius 2 is 1.46 bits per heavy atom. The van der Waals surface area contributed by atoms with Crippen molar-refractivity contribution in [2.45, 2.75) is 49.2 Å². The first-order valence-electron chi connectivity index (χ1n) is 12.4. The molecule has 1 N–H and O–H groups in total. The minimum Gasteiger partial charge on any atom is -0.611 e. The normalized spacial score (nSPS) is 20.0. The number of methoxy groups -OCH3 is 2. The number of urea groups is 1. The van der Waals surface area contributed by atoms with Crippen molar-refractivity contribution in [3.63, 3.8) is 0 Å². The van der Waals surface area contributed by atoms with Gasteiger partial charge in [-0.25, -0.2) is 4.79 Å². The fraction of sp³-hybridized carbons (Fsp3) is 0.444. The second-order valence-electron chi connectivity index (χ2n) is 9.18. The zero-order chi connectivity index (χ0) is 26.4. The molecule has 3 atom stereocenters. The second-order valence-corrected chi connectivity index (χ2v) is 10.6. The number of carbonyl (C=O) groups is 3. The van der Waals surface area contributed by atoms with E-state index in [1.165, 1.54) is 0 Å². The number of likely N-dealkylation sites (tertiary alicyclic amines) is 2. The zero-order valence-electron chi connectivity index (χ0n) is 21.2. The predicted octanol–water partition coefficient (Wildman–Crippen LogP) is 2.75. The van der Waals surface area contributed by atoms with Crippen LogP contribution in [0.1, 0.15) is 31.2 Å². The van der Waals surface area contributed by atoms with E-state index in [2.05, 4.69) is 5.32 Å². The molecule has 0 aromatic heterocycles. The zero-order valence-corrected chi connectivity index (χ0v) is 22.0. The van der Waals surface area contributed by atoms with Gasteiger partial charge < -0.3 is 29.1 Å². The summed E-state index contributed by atoms with van der Waals surface area (Å²) in [6.07, 6.45) is 2.53. The monoisotopic (exact) mass is 527 g/mol. The summed E-state index contributed by atoms with van der Waals surface area (Å²) in [5.41, 5.74) is 0.922. The van der Waals surface area contributed by atoms with E-state index >= 15 is 0 Å². The highest BCUT2D eigenvalue weighted by atomic mass is 32.2. The highest BCUT2D eigenvalue weighted by Crippen LogP contribution is 2.26. The Hall–Kier alpha value is -3.24. The Kier molecular flexibility index (Phi) is 8.94. The minimum absolute atomic E-state index is 0.155. The van der Waals surface area contributed by atoms with E-state index in [0.717, 1.165) is 17.7 Å². The van der Waals surface area contributed by atoms with Crippen molar-refractivity contribution in [1.82, 2.24) is 15.1 Å².